The Labute approximate surface area is 88.0 Å². The molecular weight excluding hydrogens is 192 g/mol. The van der Waals surface area contributed by atoms with Crippen LogP contribution in [0.5, 0.6) is 0 Å². The maximum absolute atomic E-state index is 9.22. The Morgan fingerprint density at radius 3 is 2.71 bits per heavy atom. The molecule has 1 aromatic carbocycles. The molecule has 2 heteroatoms. The quantitative estimate of drug-likeness (QED) is 0.799. The van der Waals surface area contributed by atoms with E-state index in [1.807, 2.05) is 6.07 Å². The van der Waals surface area contributed by atoms with Gasteiger partial charge in [0.1, 0.15) is 0 Å². The second kappa shape index (κ2) is 3.71. The van der Waals surface area contributed by atoms with E-state index < -0.39 is 0 Å². The minimum atomic E-state index is 0.139. The largest absolute Gasteiger partial charge is 0.392 e. The summed E-state index contributed by atoms with van der Waals surface area (Å²) in [4.78, 5) is 0. The van der Waals surface area contributed by atoms with E-state index in [1.165, 1.54) is 21.2 Å². The Balaban J connectivity index is 2.80. The first-order valence-electron chi connectivity index (χ1n) is 4.87. The molecule has 0 aliphatic heterocycles. The third-order valence-corrected chi connectivity index (χ3v) is 3.74. The number of benzene rings is 1. The summed E-state index contributed by atoms with van der Waals surface area (Å²) in [6.07, 6.45) is 1.07. The van der Waals surface area contributed by atoms with Crippen LogP contribution in [0.2, 0.25) is 0 Å². The molecule has 1 heterocycles. The van der Waals surface area contributed by atoms with E-state index in [9.17, 15) is 5.11 Å². The minimum absolute atomic E-state index is 0.139. The van der Waals surface area contributed by atoms with Crippen LogP contribution in [0, 0.1) is 6.92 Å². The van der Waals surface area contributed by atoms with E-state index in [0.717, 1.165) is 12.0 Å². The van der Waals surface area contributed by atoms with Crippen molar-refractivity contribution in [2.75, 3.05) is 0 Å². The minimum Gasteiger partial charge on any atom is -0.392 e. The summed E-state index contributed by atoms with van der Waals surface area (Å²) < 4.78 is 1.25. The third-order valence-electron chi connectivity index (χ3n) is 2.64. The van der Waals surface area contributed by atoms with Crippen LogP contribution in [-0.4, -0.2) is 5.11 Å². The van der Waals surface area contributed by atoms with E-state index in [1.54, 1.807) is 11.3 Å². The summed E-state index contributed by atoms with van der Waals surface area (Å²) in [6, 6.07) is 4.12. The molecule has 1 N–H and O–H groups in total. The van der Waals surface area contributed by atoms with Crippen LogP contribution in [0.4, 0.5) is 0 Å². The highest BCUT2D eigenvalue weighted by atomic mass is 32.1. The second-order valence-electron chi connectivity index (χ2n) is 3.52. The highest BCUT2D eigenvalue weighted by Crippen LogP contribution is 2.32. The van der Waals surface area contributed by atoms with E-state index in [0.29, 0.717) is 0 Å². The van der Waals surface area contributed by atoms with Crippen LogP contribution < -0.4 is 0 Å². The van der Waals surface area contributed by atoms with Gasteiger partial charge in [0.15, 0.2) is 0 Å². The number of hydrogen-bond donors (Lipinski definition) is 1. The van der Waals surface area contributed by atoms with E-state index in [-0.39, 0.29) is 6.61 Å². The van der Waals surface area contributed by atoms with Crippen molar-refractivity contribution in [3.05, 3.63) is 34.2 Å². The van der Waals surface area contributed by atoms with Crippen molar-refractivity contribution in [2.24, 2.45) is 0 Å². The Morgan fingerprint density at radius 2 is 2.07 bits per heavy atom. The summed E-state index contributed by atoms with van der Waals surface area (Å²) in [5.74, 6) is 0. The summed E-state index contributed by atoms with van der Waals surface area (Å²) in [5.41, 5.74) is 3.77. The number of fused-ring (bicyclic) bond motifs is 1. The maximum atomic E-state index is 9.22. The lowest BCUT2D eigenvalue weighted by atomic mass is 10.0. The van der Waals surface area contributed by atoms with Crippen LogP contribution in [-0.2, 0) is 13.0 Å². The van der Waals surface area contributed by atoms with Crippen LogP contribution in [0.15, 0.2) is 17.5 Å². The fourth-order valence-electron chi connectivity index (χ4n) is 1.83. The zero-order chi connectivity index (χ0) is 10.1. The molecular formula is C12H14OS. The van der Waals surface area contributed by atoms with Gasteiger partial charge in [-0.05, 0) is 40.8 Å². The third kappa shape index (κ3) is 1.35. The van der Waals surface area contributed by atoms with Crippen molar-refractivity contribution in [2.45, 2.75) is 26.9 Å². The molecule has 0 fully saturated rings. The van der Waals surface area contributed by atoms with Crippen molar-refractivity contribution in [1.82, 2.24) is 0 Å². The molecule has 0 spiro atoms. The van der Waals surface area contributed by atoms with Crippen molar-refractivity contribution >= 4 is 21.4 Å². The highest BCUT2D eigenvalue weighted by molar-refractivity contribution is 7.17. The Hall–Kier alpha value is -0.860. The van der Waals surface area contributed by atoms with Gasteiger partial charge < -0.3 is 5.11 Å². The van der Waals surface area contributed by atoms with Gasteiger partial charge in [-0.3, -0.25) is 0 Å². The lowest BCUT2D eigenvalue weighted by Gasteiger charge is -2.03. The lowest BCUT2D eigenvalue weighted by molar-refractivity contribution is 0.283. The highest BCUT2D eigenvalue weighted by Gasteiger charge is 2.08. The Kier molecular flexibility index (Phi) is 2.57. The lowest BCUT2D eigenvalue weighted by Crippen LogP contribution is -1.86. The predicted molar refractivity (Wildman–Crippen MR) is 61.9 cm³/mol. The number of aliphatic hydroxyl groups is 1. The summed E-state index contributed by atoms with van der Waals surface area (Å²) in [7, 11) is 0. The molecule has 1 aromatic heterocycles. The molecule has 2 rings (SSSR count). The smallest absolute Gasteiger partial charge is 0.0695 e. The molecule has 0 saturated heterocycles. The van der Waals surface area contributed by atoms with Gasteiger partial charge in [0.05, 0.1) is 6.61 Å². The van der Waals surface area contributed by atoms with Crippen molar-refractivity contribution in [3.8, 4) is 0 Å². The first-order valence-corrected chi connectivity index (χ1v) is 5.75. The molecule has 74 valence electrons. The molecule has 0 amide bonds. The molecule has 0 unspecified atom stereocenters. The van der Waals surface area contributed by atoms with Gasteiger partial charge in [-0.1, -0.05) is 19.1 Å². The fraction of sp³-hybridized carbons (Fsp3) is 0.333. The summed E-state index contributed by atoms with van der Waals surface area (Å²) in [5, 5.41) is 12.8. The molecule has 0 atom stereocenters. The summed E-state index contributed by atoms with van der Waals surface area (Å²) >= 11 is 1.74. The number of hydrogen-bond acceptors (Lipinski definition) is 2. The number of rotatable bonds is 2. The predicted octanol–water partition coefficient (Wildman–Crippen LogP) is 3.26. The van der Waals surface area contributed by atoms with Gasteiger partial charge >= 0.3 is 0 Å². The van der Waals surface area contributed by atoms with Crippen LogP contribution in [0.3, 0.4) is 0 Å². The number of aliphatic hydroxyl groups excluding tert-OH is 1. The van der Waals surface area contributed by atoms with Gasteiger partial charge in [0, 0.05) is 4.70 Å². The number of aryl methyl sites for hydroxylation is 2. The first kappa shape index (κ1) is 9.69. The van der Waals surface area contributed by atoms with E-state index >= 15 is 0 Å². The Morgan fingerprint density at radius 1 is 1.29 bits per heavy atom. The van der Waals surface area contributed by atoms with Crippen molar-refractivity contribution in [1.29, 1.82) is 0 Å². The second-order valence-corrected chi connectivity index (χ2v) is 4.40. The van der Waals surface area contributed by atoms with E-state index in [2.05, 4.69) is 25.3 Å². The SMILES string of the molecule is CCc1csc2c(CO)ccc(C)c12. The van der Waals surface area contributed by atoms with Crippen LogP contribution in [0.1, 0.15) is 23.6 Å². The topological polar surface area (TPSA) is 20.2 Å². The maximum Gasteiger partial charge on any atom is 0.0695 e. The standard InChI is InChI=1S/C12H14OS/c1-3-9-7-14-12-10(6-13)5-4-8(2)11(9)12/h4-5,7,13H,3,6H2,1-2H3. The molecule has 2 aromatic rings. The van der Waals surface area contributed by atoms with Crippen molar-refractivity contribution < 1.29 is 5.11 Å². The number of thiophene rings is 1. The average molecular weight is 206 g/mol. The van der Waals surface area contributed by atoms with Gasteiger partial charge in [-0.25, -0.2) is 0 Å². The molecule has 1 nitrogen and oxygen atoms in total. The molecule has 0 radical (unpaired) electrons. The summed E-state index contributed by atoms with van der Waals surface area (Å²) in [6.45, 7) is 4.45. The van der Waals surface area contributed by atoms with Crippen LogP contribution in [0.25, 0.3) is 10.1 Å². The van der Waals surface area contributed by atoms with Gasteiger partial charge in [0.2, 0.25) is 0 Å². The normalized spacial score (nSPS) is 11.1. The Bertz CT molecular complexity index is 457. The molecule has 0 aliphatic carbocycles. The molecule has 14 heavy (non-hydrogen) atoms. The zero-order valence-electron chi connectivity index (χ0n) is 8.50. The van der Waals surface area contributed by atoms with Crippen LogP contribution >= 0.6 is 11.3 Å². The average Bonchev–Trinajstić information content (AvgIpc) is 2.63. The van der Waals surface area contributed by atoms with Gasteiger partial charge in [-0.2, -0.15) is 0 Å². The molecule has 0 saturated carbocycles. The van der Waals surface area contributed by atoms with Gasteiger partial charge in [0.25, 0.3) is 0 Å². The van der Waals surface area contributed by atoms with Gasteiger partial charge in [-0.15, -0.1) is 11.3 Å². The van der Waals surface area contributed by atoms with E-state index in [4.69, 9.17) is 0 Å². The molecule has 0 bridgehead atoms. The fourth-order valence-corrected chi connectivity index (χ4v) is 3.07. The monoisotopic (exact) mass is 206 g/mol. The molecule has 0 aliphatic rings. The zero-order valence-corrected chi connectivity index (χ0v) is 9.32. The van der Waals surface area contributed by atoms with Crippen molar-refractivity contribution in [3.63, 3.8) is 0 Å². The first-order chi connectivity index (χ1) is 6.77.